The monoisotopic (exact) mass is 1180 g/mol. The van der Waals surface area contributed by atoms with Gasteiger partial charge in [-0.25, -0.2) is 9.59 Å². The number of carbonyl (C=O) groups excluding carboxylic acids is 2. The second-order valence-electron chi connectivity index (χ2n) is 19.4. The minimum absolute atomic E-state index is 0.284. The van der Waals surface area contributed by atoms with Gasteiger partial charge in [0.2, 0.25) is 0 Å². The molecule has 12 heteroatoms. The predicted molar refractivity (Wildman–Crippen MR) is 322 cm³/mol. The van der Waals surface area contributed by atoms with Crippen molar-refractivity contribution in [1.82, 2.24) is 0 Å². The number of rotatable bonds is 30. The molecular weight excluding hydrogens is 1110 g/mol. The number of hydrogen-bond donors (Lipinski definition) is 0. The summed E-state index contributed by atoms with van der Waals surface area (Å²) in [4.78, 5) is 34.1. The van der Waals surface area contributed by atoms with Crippen LogP contribution >= 0.6 is 31.9 Å². The van der Waals surface area contributed by atoms with E-state index in [-0.39, 0.29) is 11.9 Å². The van der Waals surface area contributed by atoms with Crippen molar-refractivity contribution in [2.75, 3.05) is 39.6 Å². The smallest absolute Gasteiger partial charge is 0.338 e. The zero-order valence-electron chi connectivity index (χ0n) is 45.1. The van der Waals surface area contributed by atoms with Gasteiger partial charge in [0, 0.05) is 12.4 Å². The van der Waals surface area contributed by atoms with Crippen LogP contribution in [0.25, 0.3) is 22.3 Å². The summed E-state index contributed by atoms with van der Waals surface area (Å²) < 4.78 is 36.7. The van der Waals surface area contributed by atoms with E-state index >= 15 is 0 Å². The van der Waals surface area contributed by atoms with Crippen LogP contribution in [-0.2, 0) is 9.47 Å². The van der Waals surface area contributed by atoms with Gasteiger partial charge in [-0.1, -0.05) is 89.1 Å². The lowest BCUT2D eigenvalue weighted by Gasteiger charge is -2.10. The second kappa shape index (κ2) is 31.4. The van der Waals surface area contributed by atoms with Crippen molar-refractivity contribution in [2.45, 2.75) is 79.1 Å². The SMILES string of the molecule is CC[C@H](C)COC(=O)c1ccc(-c2ccc(OCCCCCOc3ccc(C=Nc4ccc(N=Cc5ccc(OCCCCCOc6ccc(-c7ccc(C(=O)OC[C@@H](C)CC)cc7)cc6)c(Br)c5)cc4)cc3Br)cc2)cc1. The minimum atomic E-state index is -0.284. The van der Waals surface area contributed by atoms with Crippen LogP contribution in [0, 0.1) is 11.8 Å². The number of aliphatic imine (C=N–C) groups is 2. The molecule has 0 aromatic heterocycles. The maximum atomic E-state index is 12.4. The van der Waals surface area contributed by atoms with Crippen LogP contribution in [0.15, 0.2) is 177 Å². The molecule has 0 fully saturated rings. The summed E-state index contributed by atoms with van der Waals surface area (Å²) in [6.07, 6.45) is 11.3. The van der Waals surface area contributed by atoms with E-state index in [4.69, 9.17) is 28.4 Å². The zero-order chi connectivity index (χ0) is 54.9. The first-order chi connectivity index (χ1) is 38.0. The van der Waals surface area contributed by atoms with Gasteiger partial charge in [-0.3, -0.25) is 9.98 Å². The maximum absolute atomic E-state index is 12.4. The van der Waals surface area contributed by atoms with Crippen molar-refractivity contribution in [3.63, 3.8) is 0 Å². The fourth-order valence-electron chi connectivity index (χ4n) is 7.78. The highest BCUT2D eigenvalue weighted by Gasteiger charge is 2.12. The van der Waals surface area contributed by atoms with E-state index < -0.39 is 0 Å². The van der Waals surface area contributed by atoms with Gasteiger partial charge < -0.3 is 28.4 Å². The Morgan fingerprint density at radius 2 is 0.769 bits per heavy atom. The Morgan fingerprint density at radius 1 is 0.436 bits per heavy atom. The third-order valence-electron chi connectivity index (χ3n) is 13.1. The molecule has 0 aliphatic heterocycles. The standard InChI is InChI=1S/C66H70Br2N2O8/c1-5-47(3)45-77-65(71)55-19-15-51(16-20-55)53-23-31-59(32-24-53)73-37-9-7-11-39-75-63-35-13-49(41-61(63)67)43-69-57-27-29-58(30-28-57)70-44-50-14-36-64(62(68)42-50)76-40-12-8-10-38-74-60-33-25-54(26-34-60)52-17-21-56(22-18-52)66(72)78-46-48(4)6-2/h13-36,41-44,47-48H,5-12,37-40,45-46H2,1-4H3/t47-,48-/m0/s1. The Labute approximate surface area is 477 Å². The first kappa shape index (κ1) is 58.7. The van der Waals surface area contributed by atoms with Crippen molar-refractivity contribution in [2.24, 2.45) is 21.8 Å². The Balaban J connectivity index is 0.731. The van der Waals surface area contributed by atoms with Gasteiger partial charge in [0.15, 0.2) is 0 Å². The molecular formula is C66H70Br2N2O8. The highest BCUT2D eigenvalue weighted by molar-refractivity contribution is 9.11. The fraction of sp³-hybridized carbons (Fsp3) is 0.303. The molecule has 2 atom stereocenters. The van der Waals surface area contributed by atoms with E-state index in [1.165, 1.54) is 0 Å². The van der Waals surface area contributed by atoms with Gasteiger partial charge in [-0.2, -0.15) is 0 Å². The molecule has 7 aromatic carbocycles. The van der Waals surface area contributed by atoms with Crippen LogP contribution in [0.1, 0.15) is 111 Å². The maximum Gasteiger partial charge on any atom is 0.338 e. The summed E-state index contributed by atoms with van der Waals surface area (Å²) in [5.74, 6) is 3.38. The van der Waals surface area contributed by atoms with Crippen LogP contribution in [0.4, 0.5) is 11.4 Å². The van der Waals surface area contributed by atoms with Crippen LogP contribution in [0.3, 0.4) is 0 Å². The van der Waals surface area contributed by atoms with Crippen molar-refractivity contribution in [1.29, 1.82) is 0 Å². The predicted octanol–water partition coefficient (Wildman–Crippen LogP) is 17.7. The average Bonchev–Trinajstić information content (AvgIpc) is 3.48. The van der Waals surface area contributed by atoms with Crippen molar-refractivity contribution < 1.29 is 38.0 Å². The Hall–Kier alpha value is -7.02. The number of nitrogens with zero attached hydrogens (tertiary/aromatic N) is 2. The summed E-state index contributed by atoms with van der Waals surface area (Å²) >= 11 is 7.34. The molecule has 7 rings (SSSR count). The number of halogens is 2. The molecule has 7 aromatic rings. The average molecular weight is 1180 g/mol. The molecule has 0 heterocycles. The number of unbranched alkanes of at least 4 members (excludes halogenated alkanes) is 4. The first-order valence-corrected chi connectivity index (χ1v) is 28.7. The van der Waals surface area contributed by atoms with Crippen LogP contribution in [-0.4, -0.2) is 64.0 Å². The van der Waals surface area contributed by atoms with E-state index in [9.17, 15) is 9.59 Å². The molecule has 0 N–H and O–H groups in total. The molecule has 0 aliphatic carbocycles. The Morgan fingerprint density at radius 3 is 1.10 bits per heavy atom. The first-order valence-electron chi connectivity index (χ1n) is 27.1. The quantitative estimate of drug-likeness (QED) is 0.0248. The topological polar surface area (TPSA) is 114 Å². The third-order valence-corrected chi connectivity index (χ3v) is 14.4. The molecule has 0 radical (unpaired) electrons. The van der Waals surface area contributed by atoms with E-state index in [1.807, 2.05) is 170 Å². The number of hydrogen-bond acceptors (Lipinski definition) is 10. The fourth-order valence-corrected chi connectivity index (χ4v) is 8.80. The number of carbonyl (C=O) groups is 2. The van der Waals surface area contributed by atoms with Crippen molar-refractivity contribution in [3.05, 3.63) is 189 Å². The van der Waals surface area contributed by atoms with Gasteiger partial charge in [0.05, 0.1) is 71.1 Å². The molecule has 0 aliphatic rings. The summed E-state index contributed by atoms with van der Waals surface area (Å²) in [7, 11) is 0. The number of esters is 2. The summed E-state index contributed by atoms with van der Waals surface area (Å²) in [5.41, 5.74) is 8.85. The molecule has 78 heavy (non-hydrogen) atoms. The van der Waals surface area contributed by atoms with Crippen molar-refractivity contribution in [3.8, 4) is 45.3 Å². The van der Waals surface area contributed by atoms with E-state index in [0.29, 0.717) is 62.6 Å². The summed E-state index contributed by atoms with van der Waals surface area (Å²) in [5, 5.41) is 0. The highest BCUT2D eigenvalue weighted by atomic mass is 79.9. The lowest BCUT2D eigenvalue weighted by atomic mass is 10.0. The van der Waals surface area contributed by atoms with Gasteiger partial charge in [0.1, 0.15) is 23.0 Å². The zero-order valence-corrected chi connectivity index (χ0v) is 48.3. The second-order valence-corrected chi connectivity index (χ2v) is 21.1. The minimum Gasteiger partial charge on any atom is -0.494 e. The third kappa shape index (κ3) is 19.2. The normalized spacial score (nSPS) is 12.1. The molecule has 0 amide bonds. The lowest BCUT2D eigenvalue weighted by Crippen LogP contribution is -2.11. The van der Waals surface area contributed by atoms with Gasteiger partial charge in [-0.05, 0) is 225 Å². The van der Waals surface area contributed by atoms with Crippen LogP contribution in [0.2, 0.25) is 0 Å². The van der Waals surface area contributed by atoms with E-state index in [0.717, 1.165) is 128 Å². The summed E-state index contributed by atoms with van der Waals surface area (Å²) in [6.45, 7) is 11.7. The molecule has 0 bridgehead atoms. The number of benzene rings is 7. The van der Waals surface area contributed by atoms with E-state index in [1.54, 1.807) is 0 Å². The van der Waals surface area contributed by atoms with Crippen LogP contribution < -0.4 is 18.9 Å². The number of ether oxygens (including phenoxy) is 6. The molecule has 0 unspecified atom stereocenters. The van der Waals surface area contributed by atoms with Gasteiger partial charge in [0.25, 0.3) is 0 Å². The highest BCUT2D eigenvalue weighted by Crippen LogP contribution is 2.30. The largest absolute Gasteiger partial charge is 0.494 e. The van der Waals surface area contributed by atoms with E-state index in [2.05, 4.69) is 69.5 Å². The Bertz CT molecular complexity index is 2810. The molecule has 0 saturated carbocycles. The van der Waals surface area contributed by atoms with Gasteiger partial charge >= 0.3 is 11.9 Å². The Kier molecular flexibility index (Phi) is 23.6. The molecule has 0 saturated heterocycles. The molecule has 406 valence electrons. The molecule has 10 nitrogen and oxygen atoms in total. The summed E-state index contributed by atoms with van der Waals surface area (Å²) in [6, 6.07) is 50.8. The van der Waals surface area contributed by atoms with Crippen molar-refractivity contribution >= 4 is 67.6 Å². The van der Waals surface area contributed by atoms with Crippen LogP contribution in [0.5, 0.6) is 23.0 Å². The lowest BCUT2D eigenvalue weighted by molar-refractivity contribution is 0.0438. The molecule has 0 spiro atoms. The van der Waals surface area contributed by atoms with Gasteiger partial charge in [-0.15, -0.1) is 0 Å².